The molecule has 0 radical (unpaired) electrons. The summed E-state index contributed by atoms with van der Waals surface area (Å²) in [6.45, 7) is 0. The summed E-state index contributed by atoms with van der Waals surface area (Å²) in [5.41, 5.74) is 2.99. The molecule has 4 rings (SSSR count). The van der Waals surface area contributed by atoms with Crippen molar-refractivity contribution in [2.45, 2.75) is 6.10 Å². The topological polar surface area (TPSA) is 80.6 Å². The summed E-state index contributed by atoms with van der Waals surface area (Å²) in [5, 5.41) is 13.3. The van der Waals surface area contributed by atoms with E-state index in [-0.39, 0.29) is 5.24 Å². The van der Waals surface area contributed by atoms with Crippen LogP contribution in [-0.2, 0) is 4.79 Å². The van der Waals surface area contributed by atoms with Crippen LogP contribution in [-0.4, -0.2) is 28.1 Å². The molecule has 1 aromatic heterocycles. The Balaban J connectivity index is 1.76. The highest BCUT2D eigenvalue weighted by molar-refractivity contribution is 8.18. The molecule has 27 heavy (non-hydrogen) atoms. The molecule has 1 aliphatic heterocycles. The van der Waals surface area contributed by atoms with Gasteiger partial charge >= 0.3 is 0 Å². The summed E-state index contributed by atoms with van der Waals surface area (Å²) in [6.07, 6.45) is 0.874. The van der Waals surface area contributed by atoms with Crippen LogP contribution in [0.2, 0.25) is 0 Å². The van der Waals surface area contributed by atoms with Crippen molar-refractivity contribution in [1.29, 1.82) is 0 Å². The second kappa shape index (κ2) is 6.94. The van der Waals surface area contributed by atoms with E-state index < -0.39 is 12.0 Å². The number of aliphatic hydroxyl groups is 1. The van der Waals surface area contributed by atoms with Gasteiger partial charge in [-0.3, -0.25) is 14.9 Å². The first-order valence-electron chi connectivity index (χ1n) is 8.24. The average Bonchev–Trinajstić information content (AvgIpc) is 3.19. The molecule has 0 bridgehead atoms. The molecule has 6 nitrogen and oxygen atoms in total. The van der Waals surface area contributed by atoms with Crippen LogP contribution in [0.25, 0.3) is 17.0 Å². The lowest BCUT2D eigenvalue weighted by Crippen LogP contribution is -2.18. The van der Waals surface area contributed by atoms with Gasteiger partial charge in [-0.25, -0.2) is 0 Å². The monoisotopic (exact) mass is 380 g/mol. The second-order valence-electron chi connectivity index (χ2n) is 6.03. The van der Waals surface area contributed by atoms with Crippen molar-refractivity contribution in [3.8, 4) is 0 Å². The molecule has 1 fully saturated rings. The lowest BCUT2D eigenvalue weighted by atomic mass is 10.0. The summed E-state index contributed by atoms with van der Waals surface area (Å²) in [4.78, 5) is 28.9. The zero-order valence-corrected chi connectivity index (χ0v) is 15.2. The Labute approximate surface area is 159 Å². The Morgan fingerprint density at radius 3 is 2.56 bits per heavy atom. The smallest absolute Gasteiger partial charge is 0.290 e. The summed E-state index contributed by atoms with van der Waals surface area (Å²) in [7, 11) is 1.53. The lowest BCUT2D eigenvalue weighted by Gasteiger charge is -2.12. The number of nitrogens with one attached hydrogen (secondary N) is 1. The van der Waals surface area contributed by atoms with Crippen LogP contribution in [0.4, 0.5) is 4.79 Å². The minimum absolute atomic E-state index is 0.311. The third-order valence-corrected chi connectivity index (χ3v) is 5.15. The first-order valence-corrected chi connectivity index (χ1v) is 9.06. The van der Waals surface area contributed by atoms with E-state index in [1.54, 1.807) is 10.8 Å². The molecule has 136 valence electrons. The average molecular weight is 380 g/mol. The largest absolute Gasteiger partial charge is 0.417 e. The van der Waals surface area contributed by atoms with Crippen molar-refractivity contribution >= 4 is 39.9 Å². The Kier molecular flexibility index (Phi) is 4.47. The number of amides is 2. The van der Waals surface area contributed by atoms with Crippen molar-refractivity contribution in [3.63, 3.8) is 0 Å². The first kappa shape index (κ1) is 17.4. The molecule has 2 heterocycles. The molecule has 2 amide bonds. The third kappa shape index (κ3) is 3.22. The Morgan fingerprint density at radius 2 is 1.89 bits per heavy atom. The van der Waals surface area contributed by atoms with Gasteiger partial charge in [0.1, 0.15) is 13.2 Å². The highest BCUT2D eigenvalue weighted by atomic mass is 32.2. The molecular weight excluding hydrogens is 364 g/mol. The standard InChI is InChI=1S/C20H16N2O4S/c1-26-22-15(11-17-19(24)21-20(25)27-17)10-14-9-13(7-8-16(14)22)18(23)12-5-3-2-4-6-12/h2-11,18,23H,1H3,(H,21,24,25)/b17-11-. The molecule has 1 atom stereocenters. The van der Waals surface area contributed by atoms with Gasteiger partial charge in [-0.05, 0) is 47.2 Å². The highest BCUT2D eigenvalue weighted by Gasteiger charge is 2.26. The lowest BCUT2D eigenvalue weighted by molar-refractivity contribution is -0.115. The van der Waals surface area contributed by atoms with Gasteiger partial charge in [0.15, 0.2) is 0 Å². The molecule has 2 N–H and O–H groups in total. The van der Waals surface area contributed by atoms with Crippen LogP contribution in [0.1, 0.15) is 22.9 Å². The molecule has 3 aromatic rings. The normalized spacial score (nSPS) is 16.7. The van der Waals surface area contributed by atoms with Crippen LogP contribution in [0.3, 0.4) is 0 Å². The summed E-state index contributed by atoms with van der Waals surface area (Å²) in [6, 6.07) is 16.8. The number of thioether (sulfide) groups is 1. The Bertz CT molecular complexity index is 1070. The molecule has 1 saturated heterocycles. The minimum atomic E-state index is -0.739. The van der Waals surface area contributed by atoms with Gasteiger partial charge in [-0.15, -0.1) is 0 Å². The molecule has 0 aliphatic carbocycles. The molecule has 7 heteroatoms. The van der Waals surface area contributed by atoms with Gasteiger partial charge in [0.2, 0.25) is 0 Å². The number of hydrogen-bond acceptors (Lipinski definition) is 5. The van der Waals surface area contributed by atoms with E-state index in [1.165, 1.54) is 7.11 Å². The number of benzene rings is 2. The van der Waals surface area contributed by atoms with E-state index in [1.807, 2.05) is 54.6 Å². The predicted octanol–water partition coefficient (Wildman–Crippen LogP) is 3.11. The van der Waals surface area contributed by atoms with Crippen molar-refractivity contribution in [2.24, 2.45) is 0 Å². The van der Waals surface area contributed by atoms with Crippen LogP contribution >= 0.6 is 11.8 Å². The maximum Gasteiger partial charge on any atom is 0.290 e. The zero-order valence-electron chi connectivity index (χ0n) is 14.4. The SMILES string of the molecule is COn1c(/C=C2\SC(=O)NC2=O)cc2cc(C(O)c3ccccc3)ccc21. The number of aliphatic hydroxyl groups excluding tert-OH is 1. The molecule has 2 aromatic carbocycles. The second-order valence-corrected chi connectivity index (χ2v) is 7.04. The molecule has 1 aliphatic rings. The van der Waals surface area contributed by atoms with Crippen LogP contribution in [0.15, 0.2) is 59.5 Å². The van der Waals surface area contributed by atoms with Gasteiger partial charge in [0.25, 0.3) is 11.1 Å². The van der Waals surface area contributed by atoms with Crippen LogP contribution < -0.4 is 10.2 Å². The van der Waals surface area contributed by atoms with Crippen molar-refractivity contribution in [2.75, 3.05) is 7.11 Å². The van der Waals surface area contributed by atoms with Gasteiger partial charge in [0, 0.05) is 5.39 Å². The number of rotatable bonds is 4. The number of carbonyl (C=O) groups is 2. The molecular formula is C20H16N2O4S. The highest BCUT2D eigenvalue weighted by Crippen LogP contribution is 2.30. The van der Waals surface area contributed by atoms with Crippen molar-refractivity contribution < 1.29 is 19.5 Å². The van der Waals surface area contributed by atoms with Crippen LogP contribution in [0, 0.1) is 0 Å². The minimum Gasteiger partial charge on any atom is -0.417 e. The summed E-state index contributed by atoms with van der Waals surface area (Å²) >= 11 is 0.856. The van der Waals surface area contributed by atoms with E-state index in [2.05, 4.69) is 5.32 Å². The predicted molar refractivity (Wildman–Crippen MR) is 104 cm³/mol. The van der Waals surface area contributed by atoms with Gasteiger partial charge < -0.3 is 9.94 Å². The quantitative estimate of drug-likeness (QED) is 0.680. The molecule has 0 spiro atoms. The van der Waals surface area contributed by atoms with E-state index in [0.29, 0.717) is 10.6 Å². The van der Waals surface area contributed by atoms with Crippen LogP contribution in [0.5, 0.6) is 0 Å². The fraction of sp³-hybridized carbons (Fsp3) is 0.100. The maximum atomic E-state index is 11.8. The number of aromatic nitrogens is 1. The third-order valence-electron chi connectivity index (χ3n) is 4.34. The first-order chi connectivity index (χ1) is 13.1. The number of fused-ring (bicyclic) bond motifs is 1. The van der Waals surface area contributed by atoms with Gasteiger partial charge in [-0.1, -0.05) is 36.4 Å². The van der Waals surface area contributed by atoms with Gasteiger partial charge in [-0.2, -0.15) is 4.73 Å². The van der Waals surface area contributed by atoms with Crippen molar-refractivity contribution in [1.82, 2.24) is 10.0 Å². The fourth-order valence-electron chi connectivity index (χ4n) is 3.09. The fourth-order valence-corrected chi connectivity index (χ4v) is 3.75. The molecule has 0 saturated carbocycles. The van der Waals surface area contributed by atoms with E-state index >= 15 is 0 Å². The number of hydrogen-bond donors (Lipinski definition) is 2. The summed E-state index contributed by atoms with van der Waals surface area (Å²) in [5.74, 6) is -0.418. The zero-order chi connectivity index (χ0) is 19.0. The van der Waals surface area contributed by atoms with E-state index in [0.717, 1.165) is 33.8 Å². The number of carbonyl (C=O) groups excluding carboxylic acids is 2. The molecule has 1 unspecified atom stereocenters. The number of imide groups is 1. The Morgan fingerprint density at radius 1 is 1.11 bits per heavy atom. The number of nitrogens with zero attached hydrogens (tertiary/aromatic N) is 1. The van der Waals surface area contributed by atoms with Gasteiger partial charge in [0.05, 0.1) is 16.1 Å². The van der Waals surface area contributed by atoms with E-state index in [4.69, 9.17) is 4.84 Å². The summed E-state index contributed by atoms with van der Waals surface area (Å²) < 4.78 is 1.58. The van der Waals surface area contributed by atoms with E-state index in [9.17, 15) is 14.7 Å². The van der Waals surface area contributed by atoms with Crippen molar-refractivity contribution in [3.05, 3.63) is 76.3 Å². The Hall–Kier alpha value is -3.03. The maximum absolute atomic E-state index is 11.8.